The van der Waals surface area contributed by atoms with Gasteiger partial charge in [0.25, 0.3) is 0 Å². The van der Waals surface area contributed by atoms with Gasteiger partial charge in [0.15, 0.2) is 0 Å². The van der Waals surface area contributed by atoms with Crippen molar-refractivity contribution in [3.05, 3.63) is 58.1 Å². The average Bonchev–Trinajstić information content (AvgIpc) is 2.87. The van der Waals surface area contributed by atoms with E-state index < -0.39 is 16.8 Å². The summed E-state index contributed by atoms with van der Waals surface area (Å²) < 4.78 is 9.59. The molecule has 0 radical (unpaired) electrons. The number of hydrogen-bond acceptors (Lipinski definition) is 6. The predicted molar refractivity (Wildman–Crippen MR) is 58.7 cm³/mol. The first-order valence-corrected chi connectivity index (χ1v) is 4.98. The second-order valence-corrected chi connectivity index (χ2v) is 3.29. The molecule has 0 N–H and O–H groups in total. The summed E-state index contributed by atoms with van der Waals surface area (Å²) in [6, 6.07) is 7.48. The van der Waals surface area contributed by atoms with Crippen molar-refractivity contribution in [3.63, 3.8) is 0 Å². The van der Waals surface area contributed by atoms with Crippen molar-refractivity contribution >= 4 is 11.9 Å². The largest absolute Gasteiger partial charge is 0.453 e. The number of rotatable bonds is 4. The maximum absolute atomic E-state index is 11.5. The van der Waals surface area contributed by atoms with Gasteiger partial charge in [-0.15, -0.1) is 0 Å². The van der Waals surface area contributed by atoms with Gasteiger partial charge in [0, 0.05) is 6.20 Å². The molecule has 0 amide bonds. The number of ether oxygens (including phenoxy) is 1. The Hall–Kier alpha value is -2.70. The highest BCUT2D eigenvalue weighted by Gasteiger charge is 2.18. The molecule has 0 aliphatic heterocycles. The van der Waals surface area contributed by atoms with Gasteiger partial charge in [0.1, 0.15) is 11.5 Å². The van der Waals surface area contributed by atoms with Crippen LogP contribution in [0.4, 0.5) is 5.88 Å². The summed E-state index contributed by atoms with van der Waals surface area (Å²) in [5.74, 6) is -1.48. The highest BCUT2D eigenvalue weighted by molar-refractivity contribution is 5.86. The molecule has 0 aliphatic rings. The normalized spacial score (nSPS) is 10.0. The van der Waals surface area contributed by atoms with Gasteiger partial charge >= 0.3 is 11.9 Å². The van der Waals surface area contributed by atoms with Crippen molar-refractivity contribution in [2.45, 2.75) is 6.61 Å². The lowest BCUT2D eigenvalue weighted by molar-refractivity contribution is -0.402. The Morgan fingerprint density at radius 2 is 2.22 bits per heavy atom. The average molecular weight is 248 g/mol. The molecule has 0 spiro atoms. The van der Waals surface area contributed by atoms with Crippen LogP contribution >= 0.6 is 0 Å². The van der Waals surface area contributed by atoms with Crippen LogP contribution in [0.15, 0.2) is 40.9 Å². The number of aromatic nitrogens is 1. The van der Waals surface area contributed by atoms with E-state index in [-0.39, 0.29) is 12.4 Å². The van der Waals surface area contributed by atoms with Crippen molar-refractivity contribution < 1.29 is 18.9 Å². The number of pyridine rings is 1. The summed E-state index contributed by atoms with van der Waals surface area (Å²) in [6.07, 6.45) is 1.57. The van der Waals surface area contributed by atoms with E-state index in [9.17, 15) is 14.9 Å². The van der Waals surface area contributed by atoms with E-state index in [0.29, 0.717) is 5.69 Å². The molecule has 2 rings (SSSR count). The first-order chi connectivity index (χ1) is 8.66. The molecule has 2 aromatic rings. The monoisotopic (exact) mass is 248 g/mol. The molecule has 0 aliphatic carbocycles. The SMILES string of the molecule is O=C(OCc1ccccn1)c1ccc([N+](=O)[O-])o1. The molecule has 7 nitrogen and oxygen atoms in total. The summed E-state index contributed by atoms with van der Waals surface area (Å²) in [5, 5.41) is 10.4. The Balaban J connectivity index is 1.97. The first-order valence-electron chi connectivity index (χ1n) is 4.98. The summed E-state index contributed by atoms with van der Waals surface area (Å²) in [7, 11) is 0. The lowest BCUT2D eigenvalue weighted by Gasteiger charge is -2.01. The third-order valence-electron chi connectivity index (χ3n) is 2.05. The van der Waals surface area contributed by atoms with Crippen LogP contribution in [0.2, 0.25) is 0 Å². The van der Waals surface area contributed by atoms with Crippen molar-refractivity contribution in [2.75, 3.05) is 0 Å². The van der Waals surface area contributed by atoms with Crippen LogP contribution in [0.25, 0.3) is 0 Å². The minimum Gasteiger partial charge on any atom is -0.453 e. The number of furan rings is 1. The van der Waals surface area contributed by atoms with Crippen molar-refractivity contribution in [3.8, 4) is 0 Å². The van der Waals surface area contributed by atoms with E-state index in [1.54, 1.807) is 24.4 Å². The summed E-state index contributed by atoms with van der Waals surface area (Å²) in [6.45, 7) is -0.0197. The standard InChI is InChI=1S/C11H8N2O5/c14-11(9-4-5-10(18-9)13(15)16)17-7-8-3-1-2-6-12-8/h1-6H,7H2. The lowest BCUT2D eigenvalue weighted by atomic mass is 10.4. The minimum absolute atomic E-state index is 0.0197. The van der Waals surface area contributed by atoms with E-state index in [1.807, 2.05) is 0 Å². The second kappa shape index (κ2) is 5.09. The zero-order chi connectivity index (χ0) is 13.0. The zero-order valence-corrected chi connectivity index (χ0v) is 9.11. The van der Waals surface area contributed by atoms with Gasteiger partial charge in [0.2, 0.25) is 5.76 Å². The van der Waals surface area contributed by atoms with Gasteiger partial charge in [-0.2, -0.15) is 0 Å². The van der Waals surface area contributed by atoms with Gasteiger partial charge < -0.3 is 9.15 Å². The number of carbonyl (C=O) groups is 1. The smallest absolute Gasteiger partial charge is 0.433 e. The molecule has 0 unspecified atom stereocenters. The Morgan fingerprint density at radius 1 is 1.39 bits per heavy atom. The Morgan fingerprint density at radius 3 is 2.83 bits per heavy atom. The van der Waals surface area contributed by atoms with E-state index in [0.717, 1.165) is 6.07 Å². The fourth-order valence-electron chi connectivity index (χ4n) is 1.23. The molecule has 0 aromatic carbocycles. The van der Waals surface area contributed by atoms with Crippen LogP contribution in [-0.2, 0) is 11.3 Å². The van der Waals surface area contributed by atoms with Gasteiger partial charge in [-0.1, -0.05) is 6.07 Å². The summed E-state index contributed by atoms with van der Waals surface area (Å²) in [5.41, 5.74) is 0.576. The molecule has 2 aromatic heterocycles. The van der Waals surface area contributed by atoms with Gasteiger partial charge in [-0.05, 0) is 18.2 Å². The lowest BCUT2D eigenvalue weighted by Crippen LogP contribution is -2.04. The maximum atomic E-state index is 11.5. The molecule has 92 valence electrons. The Labute approximate surface area is 101 Å². The molecule has 7 heteroatoms. The quantitative estimate of drug-likeness (QED) is 0.466. The molecule has 0 saturated heterocycles. The summed E-state index contributed by atoms with van der Waals surface area (Å²) >= 11 is 0. The van der Waals surface area contributed by atoms with Gasteiger partial charge in [-0.3, -0.25) is 15.1 Å². The number of nitro groups is 1. The molecule has 18 heavy (non-hydrogen) atoms. The van der Waals surface area contributed by atoms with Crippen LogP contribution in [-0.4, -0.2) is 15.9 Å². The Kier molecular flexibility index (Phi) is 3.33. The second-order valence-electron chi connectivity index (χ2n) is 3.29. The van der Waals surface area contributed by atoms with Crippen molar-refractivity contribution in [1.82, 2.24) is 4.98 Å². The van der Waals surface area contributed by atoms with E-state index in [4.69, 9.17) is 9.15 Å². The molecular formula is C11H8N2O5. The third-order valence-corrected chi connectivity index (χ3v) is 2.05. The van der Waals surface area contributed by atoms with E-state index >= 15 is 0 Å². The Bertz CT molecular complexity index is 564. The summed E-state index contributed by atoms with van der Waals surface area (Å²) in [4.78, 5) is 25.1. The number of nitrogens with zero attached hydrogens (tertiary/aromatic N) is 2. The topological polar surface area (TPSA) is 95.5 Å². The third kappa shape index (κ3) is 2.70. The van der Waals surface area contributed by atoms with E-state index in [2.05, 4.69) is 4.98 Å². The molecular weight excluding hydrogens is 240 g/mol. The molecule has 0 bridgehead atoms. The van der Waals surface area contributed by atoms with Gasteiger partial charge in [0.05, 0.1) is 11.8 Å². The first kappa shape index (κ1) is 11.8. The number of hydrogen-bond donors (Lipinski definition) is 0. The fraction of sp³-hybridized carbons (Fsp3) is 0.0909. The van der Waals surface area contributed by atoms with Crippen LogP contribution in [0.3, 0.4) is 0 Å². The van der Waals surface area contributed by atoms with Crippen LogP contribution in [0, 0.1) is 10.1 Å². The van der Waals surface area contributed by atoms with E-state index in [1.165, 1.54) is 6.07 Å². The van der Waals surface area contributed by atoms with Crippen molar-refractivity contribution in [1.29, 1.82) is 0 Å². The number of esters is 1. The minimum atomic E-state index is -0.770. The highest BCUT2D eigenvalue weighted by atomic mass is 16.7. The molecule has 0 fully saturated rings. The maximum Gasteiger partial charge on any atom is 0.433 e. The zero-order valence-electron chi connectivity index (χ0n) is 9.11. The number of carbonyl (C=O) groups excluding carboxylic acids is 1. The van der Waals surface area contributed by atoms with Crippen LogP contribution in [0.5, 0.6) is 0 Å². The van der Waals surface area contributed by atoms with Gasteiger partial charge in [-0.25, -0.2) is 4.79 Å². The van der Waals surface area contributed by atoms with Crippen LogP contribution in [0.1, 0.15) is 16.2 Å². The predicted octanol–water partition coefficient (Wildman–Crippen LogP) is 1.94. The molecule has 2 heterocycles. The van der Waals surface area contributed by atoms with Crippen molar-refractivity contribution in [2.24, 2.45) is 0 Å². The van der Waals surface area contributed by atoms with Crippen LogP contribution < -0.4 is 0 Å². The molecule has 0 atom stereocenters. The fourth-order valence-corrected chi connectivity index (χ4v) is 1.23. The highest BCUT2D eigenvalue weighted by Crippen LogP contribution is 2.16. The molecule has 0 saturated carbocycles.